The number of fused-ring (bicyclic) bond motifs is 2. The Kier molecular flexibility index (Phi) is 13.3. The van der Waals surface area contributed by atoms with Crippen molar-refractivity contribution in [1.82, 2.24) is 5.32 Å². The maximum absolute atomic E-state index is 12.0. The molecule has 2 aliphatic heterocycles. The summed E-state index contributed by atoms with van der Waals surface area (Å²) in [4.78, 5) is 13.0. The molecule has 316 valence electrons. The van der Waals surface area contributed by atoms with Gasteiger partial charge in [-0.2, -0.15) is 4.58 Å². The molecule has 2 heterocycles. The summed E-state index contributed by atoms with van der Waals surface area (Å²) in [5.41, 5.74) is 6.29. The first-order chi connectivity index (χ1) is 27.0. The Morgan fingerprint density at radius 3 is 2.22 bits per heavy atom. The third-order valence-electron chi connectivity index (χ3n) is 10.9. The van der Waals surface area contributed by atoms with E-state index in [0.717, 1.165) is 33.7 Å². The van der Waals surface area contributed by atoms with E-state index < -0.39 is 70.4 Å². The van der Waals surface area contributed by atoms with Gasteiger partial charge in [0, 0.05) is 64.7 Å². The number of aryl methyl sites for hydroxylation is 1. The van der Waals surface area contributed by atoms with Gasteiger partial charge < -0.3 is 33.7 Å². The molecule has 1 unspecified atom stereocenters. The number of carbonyl (C=O) groups is 1. The van der Waals surface area contributed by atoms with Crippen molar-refractivity contribution in [3.8, 4) is 0 Å². The highest BCUT2D eigenvalue weighted by molar-refractivity contribution is 7.86. The van der Waals surface area contributed by atoms with Gasteiger partial charge in [-0.15, -0.1) is 0 Å². The second-order valence-electron chi connectivity index (χ2n) is 15.7. The highest BCUT2D eigenvalue weighted by atomic mass is 32.2. The molecule has 1 aliphatic carbocycles. The molecule has 3 aliphatic rings. The summed E-state index contributed by atoms with van der Waals surface area (Å²) in [6.45, 7) is 9.84. The minimum Gasteiger partial charge on any atom is -0.748 e. The normalized spacial score (nSPS) is 19.9. The molecule has 0 bridgehead atoms. The molecule has 0 amide bonds. The van der Waals surface area contributed by atoms with Crippen LogP contribution in [-0.2, 0) is 50.7 Å². The Morgan fingerprint density at radius 2 is 1.59 bits per heavy atom. The van der Waals surface area contributed by atoms with Gasteiger partial charge in [0.2, 0.25) is 5.69 Å². The number of aliphatic hydroxyl groups excluding tert-OH is 1. The summed E-state index contributed by atoms with van der Waals surface area (Å²) in [6.07, 6.45) is 8.35. The molecule has 2 aromatic rings. The average Bonchev–Trinajstić information content (AvgIpc) is 3.46. The Bertz CT molecular complexity index is 2450. The number of carbonyl (C=O) groups excluding carboxylic acids is 1. The van der Waals surface area contributed by atoms with E-state index in [-0.39, 0.29) is 32.4 Å². The van der Waals surface area contributed by atoms with Crippen LogP contribution in [0.1, 0.15) is 76.5 Å². The van der Waals surface area contributed by atoms with Crippen LogP contribution in [0.4, 0.5) is 11.4 Å². The number of nitrogens with zero attached hydrogens (tertiary/aromatic N) is 2. The molecule has 1 atom stereocenters. The summed E-state index contributed by atoms with van der Waals surface area (Å²) in [5, 5.41) is 13.3. The highest BCUT2D eigenvalue weighted by Crippen LogP contribution is 2.48. The van der Waals surface area contributed by atoms with E-state index in [4.69, 9.17) is 4.74 Å². The summed E-state index contributed by atoms with van der Waals surface area (Å²) in [5.74, 6) is -1.14. The first-order valence-electron chi connectivity index (χ1n) is 18.8. The predicted molar refractivity (Wildman–Crippen MR) is 214 cm³/mol. The van der Waals surface area contributed by atoms with Crippen molar-refractivity contribution in [2.75, 3.05) is 36.1 Å². The number of benzene rings is 2. The number of anilines is 1. The first kappa shape index (κ1) is 44.9. The van der Waals surface area contributed by atoms with E-state index in [2.05, 4.69) is 25.2 Å². The Labute approximate surface area is 340 Å². The maximum Gasteiger partial charge on any atom is 0.295 e. The fourth-order valence-corrected chi connectivity index (χ4v) is 9.50. The molecule has 58 heavy (non-hydrogen) atoms. The molecule has 18 heteroatoms. The topological polar surface area (TPSA) is 236 Å². The first-order valence-corrected chi connectivity index (χ1v) is 23.3. The van der Waals surface area contributed by atoms with E-state index in [9.17, 15) is 48.8 Å². The van der Waals surface area contributed by atoms with Gasteiger partial charge in [-0.25, -0.2) is 25.3 Å². The molecule has 2 N–H and O–H groups in total. The van der Waals surface area contributed by atoms with Gasteiger partial charge in [-0.3, -0.25) is 4.79 Å². The van der Waals surface area contributed by atoms with Crippen molar-refractivity contribution in [3.05, 3.63) is 99.9 Å². The zero-order valence-electron chi connectivity index (χ0n) is 33.1. The van der Waals surface area contributed by atoms with Crippen molar-refractivity contribution in [1.29, 1.82) is 0 Å². The number of aliphatic hydroxyl groups is 1. The smallest absolute Gasteiger partial charge is 0.295 e. The fourth-order valence-electron chi connectivity index (χ4n) is 8.03. The van der Waals surface area contributed by atoms with Crippen LogP contribution in [0.15, 0.2) is 88.1 Å². The standard InChI is InChI=1S/C40H51N3O12S3/c1-27-11-15-33-31(23-27)39(2,3)35(42(33)19-7-21-56(46,47)48)17-12-28-9-6-10-29(38(28)41-37(25-44)55-26-45)13-18-36-40(4,5)32-24-30(58(52,53)54)14-16-34(32)43(36)20-8-22-57(49,50)51/h11-18,23-24,26,37,44H,6-10,19-22,25H2,1-5H3,(H3,46,47,48,49,50,51,52,53,54)/p-2/b28-12+,35-17-. The molecule has 0 saturated heterocycles. The van der Waals surface area contributed by atoms with Gasteiger partial charge in [0.1, 0.15) is 16.7 Å². The predicted octanol–water partition coefficient (Wildman–Crippen LogP) is 3.83. The SMILES string of the molecule is Cc1ccc2c(c1)C(C)(C)/C(=C/C=C1\CCCC(/C=C/C3=[N+](CCCS(=O)(=O)[O-])c4ccc(S(=O)(=O)[O-])cc4C3(C)C)=C1NC(CO)OC=O)N2CCCS(=O)(=O)[O-]. The van der Waals surface area contributed by atoms with Crippen LogP contribution in [0.2, 0.25) is 0 Å². The summed E-state index contributed by atoms with van der Waals surface area (Å²) >= 11 is 0. The average molecular weight is 860 g/mol. The molecular weight excluding hydrogens is 811 g/mol. The van der Waals surface area contributed by atoms with Crippen LogP contribution in [0.3, 0.4) is 0 Å². The Morgan fingerprint density at radius 1 is 0.897 bits per heavy atom. The molecule has 0 spiro atoms. The number of hydrogen-bond acceptors (Lipinski definition) is 14. The third-order valence-corrected chi connectivity index (χ3v) is 13.3. The van der Waals surface area contributed by atoms with Crippen molar-refractivity contribution in [3.63, 3.8) is 0 Å². The van der Waals surface area contributed by atoms with Crippen molar-refractivity contribution >= 4 is 53.9 Å². The molecule has 0 radical (unpaired) electrons. The number of hydrogen-bond donors (Lipinski definition) is 2. The van der Waals surface area contributed by atoms with Crippen LogP contribution in [-0.4, -0.2) is 98.2 Å². The number of rotatable bonds is 17. The monoisotopic (exact) mass is 859 g/mol. The zero-order valence-corrected chi connectivity index (χ0v) is 35.5. The van der Waals surface area contributed by atoms with Crippen molar-refractivity contribution in [2.24, 2.45) is 0 Å². The van der Waals surface area contributed by atoms with Crippen LogP contribution in [0.25, 0.3) is 0 Å². The van der Waals surface area contributed by atoms with Gasteiger partial charge in [-0.05, 0) is 87.4 Å². The van der Waals surface area contributed by atoms with Crippen LogP contribution >= 0.6 is 0 Å². The lowest BCUT2D eigenvalue weighted by atomic mass is 9.81. The van der Waals surface area contributed by atoms with Crippen LogP contribution in [0.5, 0.6) is 0 Å². The lowest BCUT2D eigenvalue weighted by molar-refractivity contribution is -0.437. The van der Waals surface area contributed by atoms with Crippen LogP contribution in [0, 0.1) is 6.92 Å². The largest absolute Gasteiger partial charge is 0.748 e. The molecule has 0 saturated carbocycles. The second-order valence-corrected chi connectivity index (χ2v) is 20.1. The molecular formula is C40H49N3O12S3-2. The maximum atomic E-state index is 12.0. The third kappa shape index (κ3) is 10.2. The lowest BCUT2D eigenvalue weighted by Crippen LogP contribution is -2.36. The van der Waals surface area contributed by atoms with Gasteiger partial charge in [-0.1, -0.05) is 43.7 Å². The van der Waals surface area contributed by atoms with E-state index in [1.165, 1.54) is 18.2 Å². The van der Waals surface area contributed by atoms with E-state index >= 15 is 0 Å². The van der Waals surface area contributed by atoms with Gasteiger partial charge in [0.15, 0.2) is 11.9 Å². The van der Waals surface area contributed by atoms with E-state index in [0.29, 0.717) is 41.9 Å². The molecule has 5 rings (SSSR count). The summed E-state index contributed by atoms with van der Waals surface area (Å²) in [7, 11) is -13.8. The molecule has 15 nitrogen and oxygen atoms in total. The molecule has 0 fully saturated rings. The van der Waals surface area contributed by atoms with Crippen molar-refractivity contribution in [2.45, 2.75) is 88.7 Å². The number of allylic oxidation sites excluding steroid dienone is 7. The van der Waals surface area contributed by atoms with E-state index in [1.54, 1.807) is 4.58 Å². The number of nitrogens with one attached hydrogen (secondary N) is 1. The second kappa shape index (κ2) is 17.2. The summed E-state index contributed by atoms with van der Waals surface area (Å²) in [6, 6.07) is 10.0. The zero-order chi connectivity index (χ0) is 42.8. The quantitative estimate of drug-likeness (QED) is 0.0996. The lowest BCUT2D eigenvalue weighted by Gasteiger charge is -2.28. The fraction of sp³-hybridized carbons (Fsp3) is 0.450. The van der Waals surface area contributed by atoms with Gasteiger partial charge in [0.25, 0.3) is 6.47 Å². The molecule has 0 aromatic heterocycles. The van der Waals surface area contributed by atoms with Gasteiger partial charge in [0.05, 0.1) is 37.2 Å². The van der Waals surface area contributed by atoms with Crippen LogP contribution < -0.4 is 10.2 Å². The minimum atomic E-state index is -4.80. The van der Waals surface area contributed by atoms with Crippen molar-refractivity contribution < 1.29 is 58.1 Å². The summed E-state index contributed by atoms with van der Waals surface area (Å²) < 4.78 is 112. The Hall–Kier alpha value is -4.17. The highest BCUT2D eigenvalue weighted by Gasteiger charge is 2.45. The van der Waals surface area contributed by atoms with Gasteiger partial charge >= 0.3 is 0 Å². The van der Waals surface area contributed by atoms with E-state index in [1.807, 2.05) is 62.1 Å². The number of ether oxygens (including phenoxy) is 1. The molecule has 2 aromatic carbocycles. The Balaban J connectivity index is 1.63. The minimum absolute atomic E-state index is 0.0257.